The number of hydrogen-bond donors (Lipinski definition) is 2. The molecule has 0 unspecified atom stereocenters. The van der Waals surface area contributed by atoms with Crippen molar-refractivity contribution < 1.29 is 10.2 Å². The summed E-state index contributed by atoms with van der Waals surface area (Å²) in [7, 11) is 0. The van der Waals surface area contributed by atoms with E-state index in [1.807, 2.05) is 38.1 Å². The van der Waals surface area contributed by atoms with E-state index < -0.39 is 0 Å². The van der Waals surface area contributed by atoms with Crippen molar-refractivity contribution in [3.05, 3.63) is 58.7 Å². The monoisotopic (exact) mass is 300 g/mol. The van der Waals surface area contributed by atoms with Crippen molar-refractivity contribution >= 4 is 0 Å². The zero-order valence-corrected chi connectivity index (χ0v) is 14.5. The van der Waals surface area contributed by atoms with Crippen molar-refractivity contribution in [1.82, 2.24) is 0 Å². The van der Waals surface area contributed by atoms with E-state index in [1.165, 1.54) is 5.56 Å². The highest BCUT2D eigenvalue weighted by molar-refractivity contribution is 5.38. The Hall–Kier alpha value is -1.96. The van der Waals surface area contributed by atoms with Gasteiger partial charge in [0.2, 0.25) is 0 Å². The maximum absolute atomic E-state index is 9.46. The predicted octanol–water partition coefficient (Wildman–Crippen LogP) is 5.65. The number of hydrogen-bond acceptors (Lipinski definition) is 2. The van der Waals surface area contributed by atoms with Crippen LogP contribution in [0.5, 0.6) is 11.5 Å². The van der Waals surface area contributed by atoms with Crippen LogP contribution >= 0.6 is 0 Å². The minimum Gasteiger partial charge on any atom is -0.508 e. The number of rotatable bonds is 2. The van der Waals surface area contributed by atoms with Crippen LogP contribution in [0.3, 0.4) is 0 Å². The van der Waals surface area contributed by atoms with E-state index in [-0.39, 0.29) is 0 Å². The highest BCUT2D eigenvalue weighted by atomic mass is 16.3. The van der Waals surface area contributed by atoms with E-state index in [0.29, 0.717) is 23.3 Å². The third-order valence-corrected chi connectivity index (χ3v) is 3.71. The van der Waals surface area contributed by atoms with Crippen molar-refractivity contribution in [2.45, 2.75) is 53.4 Å². The van der Waals surface area contributed by atoms with Crippen LogP contribution in [-0.4, -0.2) is 10.2 Å². The fourth-order valence-corrected chi connectivity index (χ4v) is 2.13. The van der Waals surface area contributed by atoms with Gasteiger partial charge in [-0.25, -0.2) is 0 Å². The average molecular weight is 300 g/mol. The molecule has 0 aliphatic rings. The second kappa shape index (κ2) is 7.88. The first-order valence-corrected chi connectivity index (χ1v) is 7.81. The van der Waals surface area contributed by atoms with Gasteiger partial charge >= 0.3 is 0 Å². The number of benzene rings is 2. The Bertz CT molecular complexity index is 613. The zero-order chi connectivity index (χ0) is 16.9. The molecular weight excluding hydrogens is 272 g/mol. The lowest BCUT2D eigenvalue weighted by molar-refractivity contribution is 0.464. The Morgan fingerprint density at radius 1 is 0.727 bits per heavy atom. The van der Waals surface area contributed by atoms with Crippen LogP contribution in [0.1, 0.15) is 61.8 Å². The summed E-state index contributed by atoms with van der Waals surface area (Å²) in [5, 5.41) is 18.8. The summed E-state index contributed by atoms with van der Waals surface area (Å²) < 4.78 is 0. The summed E-state index contributed by atoms with van der Waals surface area (Å²) in [6, 6.07) is 11.6. The van der Waals surface area contributed by atoms with E-state index in [0.717, 1.165) is 16.7 Å². The van der Waals surface area contributed by atoms with Crippen LogP contribution in [0.15, 0.2) is 36.4 Å². The van der Waals surface area contributed by atoms with Crippen LogP contribution in [0.2, 0.25) is 0 Å². The third kappa shape index (κ3) is 5.10. The molecule has 2 heteroatoms. The Kier molecular flexibility index (Phi) is 6.48. The van der Waals surface area contributed by atoms with Crippen molar-refractivity contribution in [2.75, 3.05) is 0 Å². The average Bonchev–Trinajstić information content (AvgIpc) is 2.41. The minimum atomic E-state index is 0.399. The summed E-state index contributed by atoms with van der Waals surface area (Å²) in [5.41, 5.74) is 4.25. The van der Waals surface area contributed by atoms with Gasteiger partial charge in [-0.2, -0.15) is 0 Å². The summed E-state index contributed by atoms with van der Waals surface area (Å²) in [5.74, 6) is 1.70. The molecule has 0 heterocycles. The summed E-state index contributed by atoms with van der Waals surface area (Å²) in [6.07, 6.45) is 0. The van der Waals surface area contributed by atoms with Gasteiger partial charge in [-0.1, -0.05) is 52.0 Å². The number of aromatic hydroxyl groups is 2. The maximum atomic E-state index is 9.46. The van der Waals surface area contributed by atoms with Gasteiger partial charge < -0.3 is 10.2 Å². The molecule has 0 saturated heterocycles. The Labute approximate surface area is 134 Å². The molecule has 0 aliphatic carbocycles. The summed E-state index contributed by atoms with van der Waals surface area (Å²) in [4.78, 5) is 0. The van der Waals surface area contributed by atoms with E-state index in [4.69, 9.17) is 0 Å². The topological polar surface area (TPSA) is 40.5 Å². The molecule has 22 heavy (non-hydrogen) atoms. The normalized spacial score (nSPS) is 10.5. The highest BCUT2D eigenvalue weighted by Crippen LogP contribution is 2.25. The molecule has 0 fully saturated rings. The molecule has 2 N–H and O–H groups in total. The molecule has 120 valence electrons. The molecule has 0 aliphatic heterocycles. The van der Waals surface area contributed by atoms with Crippen molar-refractivity contribution in [1.29, 1.82) is 0 Å². The van der Waals surface area contributed by atoms with Crippen molar-refractivity contribution in [3.8, 4) is 11.5 Å². The standard InChI is InChI=1S/2C10H14O/c1-7(2)9-5-4-8(3)10(11)6-9;1-7(2)9-5-4-8(3)6-10(9)11/h2*4-7,11H,1-3H3. The molecule has 0 saturated carbocycles. The first kappa shape index (κ1) is 18.1. The largest absolute Gasteiger partial charge is 0.508 e. The second-order valence-electron chi connectivity index (χ2n) is 6.42. The molecule has 2 aromatic carbocycles. The van der Waals surface area contributed by atoms with Crippen molar-refractivity contribution in [2.24, 2.45) is 0 Å². The summed E-state index contributed by atoms with van der Waals surface area (Å²) in [6.45, 7) is 12.3. The molecule has 0 radical (unpaired) electrons. The zero-order valence-electron chi connectivity index (χ0n) is 14.5. The molecule has 0 aromatic heterocycles. The van der Waals surface area contributed by atoms with Crippen LogP contribution in [0.4, 0.5) is 0 Å². The second-order valence-corrected chi connectivity index (χ2v) is 6.42. The van der Waals surface area contributed by atoms with Crippen molar-refractivity contribution in [3.63, 3.8) is 0 Å². The van der Waals surface area contributed by atoms with E-state index in [9.17, 15) is 10.2 Å². The molecular formula is C20H28O2. The van der Waals surface area contributed by atoms with Gasteiger partial charge in [0, 0.05) is 0 Å². The molecule has 0 spiro atoms. The smallest absolute Gasteiger partial charge is 0.119 e. The molecule has 0 amide bonds. The molecule has 2 nitrogen and oxygen atoms in total. The SMILES string of the molecule is Cc1ccc(C(C)C)c(O)c1.Cc1ccc(C(C)C)cc1O. The van der Waals surface area contributed by atoms with Crippen LogP contribution in [-0.2, 0) is 0 Å². The third-order valence-electron chi connectivity index (χ3n) is 3.71. The Morgan fingerprint density at radius 2 is 1.36 bits per heavy atom. The predicted molar refractivity (Wildman–Crippen MR) is 93.9 cm³/mol. The van der Waals surface area contributed by atoms with Crippen LogP contribution in [0, 0.1) is 13.8 Å². The van der Waals surface area contributed by atoms with Gasteiger partial charge in [-0.05, 0) is 60.1 Å². The highest BCUT2D eigenvalue weighted by Gasteiger charge is 2.04. The quantitative estimate of drug-likeness (QED) is 0.752. The van der Waals surface area contributed by atoms with E-state index >= 15 is 0 Å². The van der Waals surface area contributed by atoms with Crippen LogP contribution < -0.4 is 0 Å². The Morgan fingerprint density at radius 3 is 1.82 bits per heavy atom. The first-order chi connectivity index (χ1) is 10.2. The molecule has 0 atom stereocenters. The van der Waals surface area contributed by atoms with Crippen LogP contribution in [0.25, 0.3) is 0 Å². The van der Waals surface area contributed by atoms with Gasteiger partial charge in [-0.15, -0.1) is 0 Å². The number of phenols is 2. The molecule has 0 bridgehead atoms. The fraction of sp³-hybridized carbons (Fsp3) is 0.400. The lowest BCUT2D eigenvalue weighted by Crippen LogP contribution is -1.87. The molecule has 2 aromatic rings. The van der Waals surface area contributed by atoms with Gasteiger partial charge in [-0.3, -0.25) is 0 Å². The lowest BCUT2D eigenvalue weighted by atomic mass is 10.0. The summed E-state index contributed by atoms with van der Waals surface area (Å²) >= 11 is 0. The number of aryl methyl sites for hydroxylation is 2. The Balaban J connectivity index is 0.000000220. The van der Waals surface area contributed by atoms with Gasteiger partial charge in [0.25, 0.3) is 0 Å². The minimum absolute atomic E-state index is 0.399. The first-order valence-electron chi connectivity index (χ1n) is 7.81. The lowest BCUT2D eigenvalue weighted by Gasteiger charge is -2.07. The van der Waals surface area contributed by atoms with Gasteiger partial charge in [0.15, 0.2) is 0 Å². The fourth-order valence-electron chi connectivity index (χ4n) is 2.13. The van der Waals surface area contributed by atoms with Gasteiger partial charge in [0.05, 0.1) is 0 Å². The molecule has 2 rings (SSSR count). The maximum Gasteiger partial charge on any atom is 0.119 e. The van der Waals surface area contributed by atoms with E-state index in [1.54, 1.807) is 6.07 Å². The van der Waals surface area contributed by atoms with E-state index in [2.05, 4.69) is 33.8 Å². The number of phenolic OH excluding ortho intramolecular Hbond substituents is 2. The van der Waals surface area contributed by atoms with Gasteiger partial charge in [0.1, 0.15) is 11.5 Å².